The number of likely N-dealkylation sites (N-methyl/N-ethyl adjacent to an activating group) is 2. The summed E-state index contributed by atoms with van der Waals surface area (Å²) >= 11 is 0. The first kappa shape index (κ1) is 7.61. The van der Waals surface area contributed by atoms with E-state index in [4.69, 9.17) is 0 Å². The van der Waals surface area contributed by atoms with Gasteiger partial charge in [-0.05, 0) is 6.54 Å². The van der Waals surface area contributed by atoms with Crippen LogP contribution < -0.4 is 0 Å². The van der Waals surface area contributed by atoms with Crippen LogP contribution in [-0.2, 0) is 0 Å². The summed E-state index contributed by atoms with van der Waals surface area (Å²) in [6.45, 7) is 10.7. The molecule has 1 aliphatic heterocycles. The summed E-state index contributed by atoms with van der Waals surface area (Å²) in [7, 11) is 2.11. The molecule has 1 rings (SSSR count). The van der Waals surface area contributed by atoms with Crippen molar-refractivity contribution in [3.8, 4) is 0 Å². The van der Waals surface area contributed by atoms with Gasteiger partial charge in [0.15, 0.2) is 0 Å². The Kier molecular flexibility index (Phi) is 2.33. The van der Waals surface area contributed by atoms with Crippen LogP contribution in [0, 0.1) is 0 Å². The Morgan fingerprint density at radius 3 is 2.70 bits per heavy atom. The van der Waals surface area contributed by atoms with Gasteiger partial charge in [-0.2, -0.15) is 0 Å². The summed E-state index contributed by atoms with van der Waals surface area (Å²) in [5, 5.41) is 0. The topological polar surface area (TPSA) is 6.48 Å². The third kappa shape index (κ3) is 1.51. The van der Waals surface area contributed by atoms with Gasteiger partial charge >= 0.3 is 0 Å². The molecule has 1 saturated heterocycles. The zero-order valence-electron chi connectivity index (χ0n) is 6.93. The third-order valence-electron chi connectivity index (χ3n) is 2.14. The third-order valence-corrected chi connectivity index (χ3v) is 2.14. The Balaban J connectivity index is 2.41. The van der Waals surface area contributed by atoms with Crippen molar-refractivity contribution < 1.29 is 0 Å². The maximum atomic E-state index is 3.98. The van der Waals surface area contributed by atoms with Crippen molar-refractivity contribution in [1.82, 2.24) is 9.80 Å². The van der Waals surface area contributed by atoms with Crippen LogP contribution in [0.3, 0.4) is 0 Å². The minimum atomic E-state index is 1.05. The van der Waals surface area contributed by atoms with Crippen molar-refractivity contribution in [3.63, 3.8) is 0 Å². The zero-order valence-corrected chi connectivity index (χ0v) is 6.93. The van der Waals surface area contributed by atoms with Crippen LogP contribution in [0.15, 0.2) is 12.3 Å². The normalized spacial score (nSPS) is 21.8. The molecule has 2 heteroatoms. The van der Waals surface area contributed by atoms with E-state index in [1.54, 1.807) is 0 Å². The quantitative estimate of drug-likeness (QED) is 0.531. The average molecular weight is 140 g/mol. The molecule has 0 atom stereocenters. The number of piperazine rings is 1. The molecule has 1 heterocycles. The molecule has 0 N–H and O–H groups in total. The molecule has 0 bridgehead atoms. The van der Waals surface area contributed by atoms with Crippen LogP contribution in [0.2, 0.25) is 0 Å². The van der Waals surface area contributed by atoms with E-state index >= 15 is 0 Å². The SMILES string of the molecule is C=C1CN(CC)CCN1C. The smallest absolute Gasteiger partial charge is 0.0378 e. The van der Waals surface area contributed by atoms with Crippen molar-refractivity contribution in [2.24, 2.45) is 0 Å². The maximum Gasteiger partial charge on any atom is 0.0378 e. The summed E-state index contributed by atoms with van der Waals surface area (Å²) in [5.74, 6) is 0. The highest BCUT2D eigenvalue weighted by Crippen LogP contribution is 2.07. The van der Waals surface area contributed by atoms with E-state index in [9.17, 15) is 0 Å². The maximum absolute atomic E-state index is 3.98. The number of hydrogen-bond donors (Lipinski definition) is 0. The Hall–Kier alpha value is -0.500. The molecule has 0 unspecified atom stereocenters. The van der Waals surface area contributed by atoms with Gasteiger partial charge in [0.25, 0.3) is 0 Å². The van der Waals surface area contributed by atoms with Crippen LogP contribution in [0.25, 0.3) is 0 Å². The van der Waals surface area contributed by atoms with Gasteiger partial charge in [0.2, 0.25) is 0 Å². The Bertz CT molecular complexity index is 131. The molecule has 1 aliphatic rings. The van der Waals surface area contributed by atoms with Gasteiger partial charge in [0.1, 0.15) is 0 Å². The minimum absolute atomic E-state index is 1.05. The molecule has 0 spiro atoms. The van der Waals surface area contributed by atoms with Gasteiger partial charge < -0.3 is 4.90 Å². The fraction of sp³-hybridized carbons (Fsp3) is 0.750. The van der Waals surface area contributed by atoms with Gasteiger partial charge in [-0.25, -0.2) is 0 Å². The second-order valence-corrected chi connectivity index (χ2v) is 2.86. The van der Waals surface area contributed by atoms with E-state index in [1.165, 1.54) is 12.2 Å². The van der Waals surface area contributed by atoms with Crippen molar-refractivity contribution in [2.45, 2.75) is 6.92 Å². The Morgan fingerprint density at radius 1 is 1.50 bits per heavy atom. The lowest BCUT2D eigenvalue weighted by atomic mass is 10.3. The van der Waals surface area contributed by atoms with E-state index in [2.05, 4.69) is 30.4 Å². The van der Waals surface area contributed by atoms with Crippen LogP contribution in [0.1, 0.15) is 6.92 Å². The standard InChI is InChI=1S/C8H16N2/c1-4-10-6-5-9(3)8(2)7-10/h2,4-7H2,1,3H3. The molecule has 2 nitrogen and oxygen atoms in total. The Labute approximate surface area is 63.1 Å². The number of hydrogen-bond acceptors (Lipinski definition) is 2. The average Bonchev–Trinajstić information content (AvgIpc) is 1.95. The van der Waals surface area contributed by atoms with E-state index in [0.29, 0.717) is 0 Å². The number of nitrogens with zero attached hydrogens (tertiary/aromatic N) is 2. The minimum Gasteiger partial charge on any atom is -0.376 e. The van der Waals surface area contributed by atoms with Crippen LogP contribution >= 0.6 is 0 Å². The van der Waals surface area contributed by atoms with Gasteiger partial charge in [-0.3, -0.25) is 4.90 Å². The summed E-state index contributed by atoms with van der Waals surface area (Å²) in [6, 6.07) is 0. The molecule has 1 fully saturated rings. The second kappa shape index (κ2) is 3.06. The lowest BCUT2D eigenvalue weighted by Crippen LogP contribution is -2.42. The predicted molar refractivity (Wildman–Crippen MR) is 43.9 cm³/mol. The molecule has 0 amide bonds. The second-order valence-electron chi connectivity index (χ2n) is 2.86. The monoisotopic (exact) mass is 140 g/mol. The highest BCUT2D eigenvalue weighted by Gasteiger charge is 2.13. The fourth-order valence-corrected chi connectivity index (χ4v) is 1.18. The highest BCUT2D eigenvalue weighted by molar-refractivity contribution is 4.98. The molecular formula is C8H16N2. The summed E-state index contributed by atoms with van der Waals surface area (Å²) < 4.78 is 0. The summed E-state index contributed by atoms with van der Waals surface area (Å²) in [5.41, 5.74) is 1.24. The zero-order chi connectivity index (χ0) is 7.56. The van der Waals surface area contributed by atoms with E-state index in [1.807, 2.05) is 0 Å². The molecule has 0 saturated carbocycles. The van der Waals surface area contributed by atoms with Crippen LogP contribution in [-0.4, -0.2) is 43.0 Å². The van der Waals surface area contributed by atoms with Crippen LogP contribution in [0.5, 0.6) is 0 Å². The Morgan fingerprint density at radius 2 is 2.20 bits per heavy atom. The van der Waals surface area contributed by atoms with E-state index in [-0.39, 0.29) is 0 Å². The molecule has 0 radical (unpaired) electrons. The fourth-order valence-electron chi connectivity index (χ4n) is 1.18. The first-order valence-electron chi connectivity index (χ1n) is 3.85. The predicted octanol–water partition coefficient (Wildman–Crippen LogP) is 0.767. The van der Waals surface area contributed by atoms with E-state index in [0.717, 1.165) is 19.6 Å². The van der Waals surface area contributed by atoms with Crippen molar-refractivity contribution in [3.05, 3.63) is 12.3 Å². The molecule has 58 valence electrons. The molecular weight excluding hydrogens is 124 g/mol. The molecule has 0 aromatic carbocycles. The van der Waals surface area contributed by atoms with Crippen molar-refractivity contribution in [1.29, 1.82) is 0 Å². The molecule has 0 aliphatic carbocycles. The highest BCUT2D eigenvalue weighted by atomic mass is 15.2. The van der Waals surface area contributed by atoms with Gasteiger partial charge in [0.05, 0.1) is 0 Å². The van der Waals surface area contributed by atoms with E-state index < -0.39 is 0 Å². The molecule has 0 aromatic heterocycles. The van der Waals surface area contributed by atoms with Gasteiger partial charge in [-0.15, -0.1) is 0 Å². The van der Waals surface area contributed by atoms with Gasteiger partial charge in [-0.1, -0.05) is 13.5 Å². The molecule has 10 heavy (non-hydrogen) atoms. The summed E-state index contributed by atoms with van der Waals surface area (Å²) in [4.78, 5) is 4.63. The first-order valence-corrected chi connectivity index (χ1v) is 3.85. The lowest BCUT2D eigenvalue weighted by Gasteiger charge is -2.34. The first-order chi connectivity index (χ1) is 4.74. The lowest BCUT2D eigenvalue weighted by molar-refractivity contribution is 0.205. The molecule has 0 aromatic rings. The number of rotatable bonds is 1. The largest absolute Gasteiger partial charge is 0.376 e. The summed E-state index contributed by atoms with van der Waals surface area (Å²) in [6.07, 6.45) is 0. The van der Waals surface area contributed by atoms with Crippen LogP contribution in [0.4, 0.5) is 0 Å². The van der Waals surface area contributed by atoms with Crippen molar-refractivity contribution >= 4 is 0 Å². The van der Waals surface area contributed by atoms with Crippen molar-refractivity contribution in [2.75, 3.05) is 33.2 Å². The van der Waals surface area contributed by atoms with Gasteiger partial charge in [0, 0.05) is 32.4 Å².